The number of aromatic nitrogens is 2. The molecule has 34 heavy (non-hydrogen) atoms. The molecule has 1 aromatic heterocycles. The third-order valence-corrected chi connectivity index (χ3v) is 6.84. The Morgan fingerprint density at radius 1 is 1.15 bits per heavy atom. The summed E-state index contributed by atoms with van der Waals surface area (Å²) in [5.41, 5.74) is 11.4. The van der Waals surface area contributed by atoms with Gasteiger partial charge in [0.1, 0.15) is 0 Å². The van der Waals surface area contributed by atoms with Gasteiger partial charge in [0.2, 0.25) is 11.8 Å². The molecule has 7 heteroatoms. The fourth-order valence-corrected chi connectivity index (χ4v) is 5.05. The number of nitrogens with zero attached hydrogens (tertiary/aromatic N) is 4. The van der Waals surface area contributed by atoms with E-state index in [9.17, 15) is 9.59 Å². The van der Waals surface area contributed by atoms with E-state index in [1.54, 1.807) is 35.6 Å². The summed E-state index contributed by atoms with van der Waals surface area (Å²) < 4.78 is 0. The number of aryl methyl sites for hydroxylation is 2. The highest BCUT2D eigenvalue weighted by molar-refractivity contribution is 6.05. The van der Waals surface area contributed by atoms with Gasteiger partial charge < -0.3 is 15.5 Å². The Balaban J connectivity index is 1.33. The summed E-state index contributed by atoms with van der Waals surface area (Å²) in [5, 5.41) is 0. The summed E-state index contributed by atoms with van der Waals surface area (Å²) in [6.45, 7) is 5.33. The molecule has 3 heterocycles. The normalized spacial score (nSPS) is 18.9. The topological polar surface area (TPSA) is 92.4 Å². The van der Waals surface area contributed by atoms with Crippen molar-refractivity contribution >= 4 is 28.9 Å². The van der Waals surface area contributed by atoms with Crippen molar-refractivity contribution in [3.63, 3.8) is 0 Å². The van der Waals surface area contributed by atoms with Gasteiger partial charge >= 0.3 is 0 Å². The molecule has 1 atom stereocenters. The lowest BCUT2D eigenvalue weighted by molar-refractivity contribution is -0.124. The predicted molar refractivity (Wildman–Crippen MR) is 133 cm³/mol. The number of carbonyl (C=O) groups is 2. The van der Waals surface area contributed by atoms with E-state index >= 15 is 0 Å². The highest BCUT2D eigenvalue weighted by Crippen LogP contribution is 2.42. The number of benzene rings is 2. The van der Waals surface area contributed by atoms with Crippen molar-refractivity contribution in [1.29, 1.82) is 0 Å². The van der Waals surface area contributed by atoms with Gasteiger partial charge in [0.05, 0.1) is 11.6 Å². The first kappa shape index (κ1) is 22.1. The quantitative estimate of drug-likeness (QED) is 0.594. The third kappa shape index (κ3) is 4.14. The molecule has 2 aromatic carbocycles. The van der Waals surface area contributed by atoms with Crippen LogP contribution in [0.1, 0.15) is 37.1 Å². The van der Waals surface area contributed by atoms with Gasteiger partial charge in [-0.2, -0.15) is 0 Å². The van der Waals surface area contributed by atoms with Crippen molar-refractivity contribution in [3.05, 3.63) is 77.9 Å². The number of hydrogen-bond donors (Lipinski definition) is 1. The number of hydrogen-bond acceptors (Lipinski definition) is 5. The van der Waals surface area contributed by atoms with Crippen LogP contribution in [0.3, 0.4) is 0 Å². The van der Waals surface area contributed by atoms with Gasteiger partial charge in [0.25, 0.3) is 0 Å². The molecule has 0 aliphatic carbocycles. The molecule has 2 N–H and O–H groups in total. The third-order valence-electron chi connectivity index (χ3n) is 6.84. The Bertz CT molecular complexity index is 1240. The Morgan fingerprint density at radius 2 is 2.00 bits per heavy atom. The highest BCUT2D eigenvalue weighted by Gasteiger charge is 2.43. The number of nitrogens with two attached hydrogens (primary N) is 1. The average Bonchev–Trinajstić information content (AvgIpc) is 3.35. The summed E-state index contributed by atoms with van der Waals surface area (Å²) in [4.78, 5) is 38.4. The van der Waals surface area contributed by atoms with E-state index in [4.69, 9.17) is 5.73 Å². The molecule has 174 valence electrons. The lowest BCUT2D eigenvalue weighted by Crippen LogP contribution is -2.39. The van der Waals surface area contributed by atoms with Crippen molar-refractivity contribution in [2.45, 2.75) is 38.5 Å². The fraction of sp³-hybridized carbons (Fsp3) is 0.333. The maximum Gasteiger partial charge on any atom is 0.232 e. The second-order valence-corrected chi connectivity index (χ2v) is 9.86. The van der Waals surface area contributed by atoms with Crippen LogP contribution in [-0.4, -0.2) is 34.9 Å². The summed E-state index contributed by atoms with van der Waals surface area (Å²) in [5.74, 6) is -0.395. The molecule has 3 aromatic rings. The fourth-order valence-electron chi connectivity index (χ4n) is 5.05. The Labute approximate surface area is 199 Å². The molecule has 0 saturated carbocycles. The summed E-state index contributed by atoms with van der Waals surface area (Å²) in [7, 11) is 0. The van der Waals surface area contributed by atoms with Gasteiger partial charge in [-0.25, -0.2) is 0 Å². The minimum atomic E-state index is -0.369. The lowest BCUT2D eigenvalue weighted by atomic mass is 9.85. The molecule has 2 amide bonds. The molecule has 5 rings (SSSR count). The van der Waals surface area contributed by atoms with Gasteiger partial charge in [-0.05, 0) is 48.2 Å². The SMILES string of the molecule is CC1(C)CN(C(=O)C2CC(=O)N(c3cccc(N)c3)C2)c2ccc(CCc3cnccn3)cc21. The largest absolute Gasteiger partial charge is 0.399 e. The number of rotatable bonds is 5. The van der Waals surface area contributed by atoms with Gasteiger partial charge in [-0.1, -0.05) is 32.0 Å². The summed E-state index contributed by atoms with van der Waals surface area (Å²) in [6.07, 6.45) is 7.09. The molecular formula is C27H29N5O2. The van der Waals surface area contributed by atoms with Crippen LogP contribution in [0.4, 0.5) is 17.1 Å². The number of carbonyl (C=O) groups excluding carboxylic acids is 2. The zero-order valence-corrected chi connectivity index (χ0v) is 19.6. The van der Waals surface area contributed by atoms with Crippen LogP contribution in [0.25, 0.3) is 0 Å². The monoisotopic (exact) mass is 455 g/mol. The molecule has 7 nitrogen and oxygen atoms in total. The van der Waals surface area contributed by atoms with Gasteiger partial charge in [-0.3, -0.25) is 19.6 Å². The van der Waals surface area contributed by atoms with E-state index in [0.29, 0.717) is 18.8 Å². The molecule has 2 aliphatic rings. The van der Waals surface area contributed by atoms with Gasteiger partial charge in [0, 0.05) is 60.6 Å². The minimum Gasteiger partial charge on any atom is -0.399 e. The number of nitrogen functional groups attached to an aromatic ring is 1. The van der Waals surface area contributed by atoms with Gasteiger partial charge in [0.15, 0.2) is 0 Å². The highest BCUT2D eigenvalue weighted by atomic mass is 16.2. The molecule has 1 unspecified atom stereocenters. The van der Waals surface area contributed by atoms with Gasteiger partial charge in [-0.15, -0.1) is 0 Å². The second kappa shape index (κ2) is 8.56. The molecule has 2 aliphatic heterocycles. The van der Waals surface area contributed by atoms with E-state index in [1.807, 2.05) is 17.0 Å². The Morgan fingerprint density at radius 3 is 2.76 bits per heavy atom. The average molecular weight is 456 g/mol. The van der Waals surface area contributed by atoms with Crippen molar-refractivity contribution in [1.82, 2.24) is 9.97 Å². The summed E-state index contributed by atoms with van der Waals surface area (Å²) >= 11 is 0. The zero-order valence-electron chi connectivity index (χ0n) is 19.6. The van der Waals surface area contributed by atoms with E-state index in [0.717, 1.165) is 29.9 Å². The molecule has 0 bridgehead atoms. The smallest absolute Gasteiger partial charge is 0.232 e. The van der Waals surface area contributed by atoms with Crippen molar-refractivity contribution in [2.75, 3.05) is 28.6 Å². The maximum atomic E-state index is 13.6. The second-order valence-electron chi connectivity index (χ2n) is 9.86. The van der Waals surface area contributed by atoms with E-state index in [2.05, 4.69) is 42.0 Å². The van der Waals surface area contributed by atoms with Crippen molar-refractivity contribution in [2.24, 2.45) is 5.92 Å². The Hall–Kier alpha value is -3.74. The van der Waals surface area contributed by atoms with E-state index in [-0.39, 0.29) is 29.6 Å². The molecule has 0 spiro atoms. The van der Waals surface area contributed by atoms with Crippen LogP contribution in [0.15, 0.2) is 61.1 Å². The van der Waals surface area contributed by atoms with Crippen LogP contribution in [0, 0.1) is 5.92 Å². The Kier molecular flexibility index (Phi) is 5.55. The van der Waals surface area contributed by atoms with Crippen molar-refractivity contribution in [3.8, 4) is 0 Å². The number of amides is 2. The number of anilines is 3. The lowest BCUT2D eigenvalue weighted by Gasteiger charge is -2.23. The predicted octanol–water partition coefficient (Wildman–Crippen LogP) is 3.52. The molecule has 1 fully saturated rings. The van der Waals surface area contributed by atoms with Crippen LogP contribution in [0.2, 0.25) is 0 Å². The van der Waals surface area contributed by atoms with Crippen LogP contribution in [0.5, 0.6) is 0 Å². The molecule has 0 radical (unpaired) electrons. The van der Waals surface area contributed by atoms with Crippen molar-refractivity contribution < 1.29 is 9.59 Å². The molecular weight excluding hydrogens is 426 g/mol. The maximum absolute atomic E-state index is 13.6. The summed E-state index contributed by atoms with van der Waals surface area (Å²) in [6, 6.07) is 13.6. The van der Waals surface area contributed by atoms with Crippen LogP contribution in [-0.2, 0) is 27.8 Å². The van der Waals surface area contributed by atoms with E-state index in [1.165, 1.54) is 11.1 Å². The first-order chi connectivity index (χ1) is 16.3. The number of fused-ring (bicyclic) bond motifs is 1. The molecule has 1 saturated heterocycles. The first-order valence-corrected chi connectivity index (χ1v) is 11.7. The van der Waals surface area contributed by atoms with E-state index < -0.39 is 0 Å². The van der Waals surface area contributed by atoms with Crippen LogP contribution < -0.4 is 15.5 Å². The van der Waals surface area contributed by atoms with Crippen LogP contribution >= 0.6 is 0 Å². The zero-order chi connectivity index (χ0) is 23.9. The standard InChI is InChI=1S/C27H29N5O2/c1-27(2)17-32(24-9-7-18(12-23(24)27)6-8-21-15-29-10-11-30-21)26(34)19-13-25(33)31(16-19)22-5-3-4-20(28)14-22/h3-5,7,9-12,14-15,19H,6,8,13,16-17,28H2,1-2H3. The minimum absolute atomic E-state index is 0.0129. The first-order valence-electron chi connectivity index (χ1n) is 11.7.